The molecule has 0 aliphatic carbocycles. The number of hydrogen-bond acceptors (Lipinski definition) is 8. The molecule has 2 aliphatic rings. The topological polar surface area (TPSA) is 173 Å². The predicted molar refractivity (Wildman–Crippen MR) is 153 cm³/mol. The Morgan fingerprint density at radius 1 is 1.12 bits per heavy atom. The molecule has 0 bridgehead atoms. The first-order valence-corrected chi connectivity index (χ1v) is 13.4. The summed E-state index contributed by atoms with van der Waals surface area (Å²) in [4.78, 5) is 75.3. The van der Waals surface area contributed by atoms with Crippen molar-refractivity contribution in [2.24, 2.45) is 5.73 Å². The number of rotatable bonds is 8. The average molecular weight is 572 g/mol. The SMILES string of the molecule is Cc1cc(-c2nc3c(cc2Nc2cccc4c2C(=O)[N+](C)([C@](C)(CCC(=O)O)C(N)=O)C4=O)N(C)C(=O)CC3)ccn1. The number of hydrogen-bond donors (Lipinski definition) is 3. The Hall–Kier alpha value is -4.97. The third-order valence-corrected chi connectivity index (χ3v) is 8.49. The number of primary amides is 1. The van der Waals surface area contributed by atoms with Gasteiger partial charge in [-0.05, 0) is 37.3 Å². The largest absolute Gasteiger partial charge is 0.481 e. The highest BCUT2D eigenvalue weighted by Gasteiger charge is 2.64. The van der Waals surface area contributed by atoms with Gasteiger partial charge in [0.15, 0.2) is 5.54 Å². The minimum atomic E-state index is -1.82. The molecule has 216 valence electrons. The van der Waals surface area contributed by atoms with Crippen LogP contribution >= 0.6 is 0 Å². The van der Waals surface area contributed by atoms with Crippen molar-refractivity contribution in [1.29, 1.82) is 0 Å². The van der Waals surface area contributed by atoms with Gasteiger partial charge in [0.05, 0.1) is 47.5 Å². The van der Waals surface area contributed by atoms with Gasteiger partial charge in [0.1, 0.15) is 5.56 Å². The molecule has 4 amide bonds. The standard InChI is InChI=1S/C30H30N6O6/c1-16-14-17(11-13-32-16)26-21(15-22-19(34-26)8-9-23(37)35(22)3)33-20-7-5-6-18-25(20)28(41)36(4,27(18)40)30(2,29(31)42)12-10-24(38)39/h5-7,11,13-15H,8-10,12H2,1-4H3,(H3-,31,32,33,38,39,41,42)/p+1/t30-,36?/m1/s1. The third kappa shape index (κ3) is 4.31. The summed E-state index contributed by atoms with van der Waals surface area (Å²) in [7, 11) is 2.97. The van der Waals surface area contributed by atoms with Gasteiger partial charge in [-0.2, -0.15) is 4.48 Å². The van der Waals surface area contributed by atoms with E-state index in [1.807, 2.05) is 19.1 Å². The minimum Gasteiger partial charge on any atom is -0.481 e. The molecule has 3 aromatic rings. The Labute approximate surface area is 241 Å². The zero-order valence-corrected chi connectivity index (χ0v) is 23.7. The van der Waals surface area contributed by atoms with E-state index in [4.69, 9.17) is 10.7 Å². The number of carboxylic acids is 1. The zero-order chi connectivity index (χ0) is 30.6. The number of aromatic nitrogens is 2. The molecule has 4 N–H and O–H groups in total. The van der Waals surface area contributed by atoms with Crippen LogP contribution in [0.5, 0.6) is 0 Å². The number of fused-ring (bicyclic) bond motifs is 2. The number of quaternary nitrogens is 1. The molecule has 0 radical (unpaired) electrons. The second-order valence-electron chi connectivity index (χ2n) is 11.0. The number of nitrogens with one attached hydrogen (secondary N) is 1. The number of pyridine rings is 2. The van der Waals surface area contributed by atoms with Gasteiger partial charge in [0.25, 0.3) is 5.91 Å². The second-order valence-corrected chi connectivity index (χ2v) is 11.0. The number of likely N-dealkylation sites (N-methyl/N-ethyl adjacent to an activating group) is 1. The molecule has 1 unspecified atom stereocenters. The summed E-state index contributed by atoms with van der Waals surface area (Å²) < 4.78 is -1.03. The number of carbonyl (C=O) groups excluding carboxylic acids is 4. The number of aliphatic carboxylic acids is 1. The molecule has 12 heteroatoms. The van der Waals surface area contributed by atoms with Crippen molar-refractivity contribution >= 4 is 46.7 Å². The summed E-state index contributed by atoms with van der Waals surface area (Å²) in [5.74, 6) is -3.55. The van der Waals surface area contributed by atoms with Gasteiger partial charge in [0.2, 0.25) is 5.91 Å². The summed E-state index contributed by atoms with van der Waals surface area (Å²) in [5, 5.41) is 12.6. The molecular formula is C30H31N6O6+. The van der Waals surface area contributed by atoms with Crippen molar-refractivity contribution in [2.75, 3.05) is 24.3 Å². The molecule has 4 heterocycles. The Bertz CT molecular complexity index is 1700. The van der Waals surface area contributed by atoms with E-state index in [-0.39, 0.29) is 29.1 Å². The van der Waals surface area contributed by atoms with Crippen LogP contribution in [0, 0.1) is 6.92 Å². The number of amides is 4. The number of carbonyl (C=O) groups is 5. The van der Waals surface area contributed by atoms with E-state index in [0.29, 0.717) is 29.9 Å². The van der Waals surface area contributed by atoms with Gasteiger partial charge < -0.3 is 21.1 Å². The molecular weight excluding hydrogens is 540 g/mol. The van der Waals surface area contributed by atoms with Crippen LogP contribution in [0.4, 0.5) is 17.1 Å². The molecule has 0 saturated heterocycles. The Morgan fingerprint density at radius 3 is 2.52 bits per heavy atom. The Morgan fingerprint density at radius 2 is 1.86 bits per heavy atom. The van der Waals surface area contributed by atoms with Crippen molar-refractivity contribution in [1.82, 2.24) is 9.97 Å². The highest BCUT2D eigenvalue weighted by molar-refractivity contribution is 6.18. The summed E-state index contributed by atoms with van der Waals surface area (Å²) in [6.45, 7) is 3.20. The number of imide groups is 1. The van der Waals surface area contributed by atoms with E-state index >= 15 is 0 Å². The summed E-state index contributed by atoms with van der Waals surface area (Å²) in [6.07, 6.45) is 1.69. The van der Waals surface area contributed by atoms with E-state index in [1.165, 1.54) is 24.9 Å². The maximum absolute atomic E-state index is 14.1. The number of anilines is 3. The van der Waals surface area contributed by atoms with E-state index in [9.17, 15) is 29.1 Å². The van der Waals surface area contributed by atoms with Crippen LogP contribution in [0.1, 0.15) is 58.3 Å². The fraction of sp³-hybridized carbons (Fsp3) is 0.300. The number of nitrogens with two attached hydrogens (primary N) is 1. The molecule has 0 saturated carbocycles. The monoisotopic (exact) mass is 571 g/mol. The lowest BCUT2D eigenvalue weighted by Crippen LogP contribution is -2.69. The molecule has 1 aromatic carbocycles. The van der Waals surface area contributed by atoms with Crippen molar-refractivity contribution in [2.45, 2.75) is 45.1 Å². The maximum Gasteiger partial charge on any atom is 0.357 e. The lowest BCUT2D eigenvalue weighted by Gasteiger charge is -2.39. The highest BCUT2D eigenvalue weighted by Crippen LogP contribution is 2.43. The summed E-state index contributed by atoms with van der Waals surface area (Å²) in [5.41, 5.74) is 8.26. The van der Waals surface area contributed by atoms with Crippen LogP contribution in [0.15, 0.2) is 42.6 Å². The van der Waals surface area contributed by atoms with Gasteiger partial charge in [-0.1, -0.05) is 6.07 Å². The third-order valence-electron chi connectivity index (χ3n) is 8.49. The van der Waals surface area contributed by atoms with Gasteiger partial charge >= 0.3 is 17.8 Å². The maximum atomic E-state index is 14.1. The molecule has 2 aliphatic heterocycles. The molecule has 0 spiro atoms. The van der Waals surface area contributed by atoms with Crippen LogP contribution in [-0.2, 0) is 20.8 Å². The number of nitrogens with zero attached hydrogens (tertiary/aromatic N) is 4. The zero-order valence-electron chi connectivity index (χ0n) is 23.7. The predicted octanol–water partition coefficient (Wildman–Crippen LogP) is 2.95. The molecule has 42 heavy (non-hydrogen) atoms. The van der Waals surface area contributed by atoms with Crippen LogP contribution in [0.3, 0.4) is 0 Å². The Balaban J connectivity index is 1.65. The first kappa shape index (κ1) is 28.6. The van der Waals surface area contributed by atoms with Gasteiger partial charge in [-0.15, -0.1) is 0 Å². The smallest absolute Gasteiger partial charge is 0.357 e. The van der Waals surface area contributed by atoms with Gasteiger partial charge in [0, 0.05) is 50.7 Å². The van der Waals surface area contributed by atoms with E-state index < -0.39 is 40.1 Å². The quantitative estimate of drug-likeness (QED) is 0.271. The first-order chi connectivity index (χ1) is 19.8. The Kier molecular flexibility index (Phi) is 6.89. The molecule has 12 nitrogen and oxygen atoms in total. The molecule has 2 aromatic heterocycles. The summed E-state index contributed by atoms with van der Waals surface area (Å²) >= 11 is 0. The van der Waals surface area contributed by atoms with Crippen LogP contribution in [0.25, 0.3) is 11.3 Å². The van der Waals surface area contributed by atoms with E-state index in [1.54, 1.807) is 31.4 Å². The van der Waals surface area contributed by atoms with Crippen molar-refractivity contribution < 1.29 is 33.6 Å². The highest BCUT2D eigenvalue weighted by atomic mass is 16.4. The number of aryl methyl sites for hydroxylation is 2. The lowest BCUT2D eigenvalue weighted by atomic mass is 9.90. The van der Waals surface area contributed by atoms with Gasteiger partial charge in [-0.3, -0.25) is 19.4 Å². The molecule has 0 fully saturated rings. The van der Waals surface area contributed by atoms with Crippen LogP contribution in [0.2, 0.25) is 0 Å². The first-order valence-electron chi connectivity index (χ1n) is 13.4. The number of carboxylic acid groups (broad SMARTS) is 1. The molecule has 2 atom stereocenters. The normalized spacial score (nSPS) is 19.2. The lowest BCUT2D eigenvalue weighted by molar-refractivity contribution is -0.788. The number of benzene rings is 1. The fourth-order valence-electron chi connectivity index (χ4n) is 5.68. The van der Waals surface area contributed by atoms with E-state index in [2.05, 4.69) is 10.3 Å². The van der Waals surface area contributed by atoms with Crippen molar-refractivity contribution in [3.05, 3.63) is 65.1 Å². The second kappa shape index (κ2) is 10.1. The summed E-state index contributed by atoms with van der Waals surface area (Å²) in [6, 6.07) is 10.2. The molecule has 5 rings (SSSR count). The minimum absolute atomic E-state index is 0.0480. The fourth-order valence-corrected chi connectivity index (χ4v) is 5.68. The van der Waals surface area contributed by atoms with Crippen molar-refractivity contribution in [3.63, 3.8) is 0 Å². The van der Waals surface area contributed by atoms with Gasteiger partial charge in [-0.25, -0.2) is 14.6 Å². The van der Waals surface area contributed by atoms with E-state index in [0.717, 1.165) is 17.0 Å². The van der Waals surface area contributed by atoms with Crippen LogP contribution < -0.4 is 16.0 Å². The van der Waals surface area contributed by atoms with Crippen molar-refractivity contribution in [3.8, 4) is 11.3 Å². The van der Waals surface area contributed by atoms with Crippen LogP contribution in [-0.4, -0.2) is 68.8 Å². The average Bonchev–Trinajstić information content (AvgIpc) is 3.16.